The smallest absolute Gasteiger partial charge is 0.328 e. The maximum atomic E-state index is 13.2. The molecule has 1 unspecified atom stereocenters. The Balaban J connectivity index is 2.63. The Bertz CT molecular complexity index is 807. The highest BCUT2D eigenvalue weighted by atomic mass is 35.5. The summed E-state index contributed by atoms with van der Waals surface area (Å²) in [6.45, 7) is 5.29. The van der Waals surface area contributed by atoms with E-state index in [4.69, 9.17) is 27.9 Å². The Morgan fingerprint density at radius 1 is 1.20 bits per heavy atom. The van der Waals surface area contributed by atoms with Crippen LogP contribution in [-0.4, -0.2) is 35.0 Å². The molecule has 1 heterocycles. The molecule has 6 nitrogen and oxygen atoms in total. The molecule has 0 aliphatic rings. The summed E-state index contributed by atoms with van der Waals surface area (Å²) < 4.78 is 4.81. The molecule has 0 aliphatic carbocycles. The van der Waals surface area contributed by atoms with Crippen LogP contribution in [0.4, 0.5) is 5.69 Å². The minimum absolute atomic E-state index is 0.0458. The zero-order valence-corrected chi connectivity index (χ0v) is 15.7. The van der Waals surface area contributed by atoms with Crippen molar-refractivity contribution < 1.29 is 14.3 Å². The van der Waals surface area contributed by atoms with Gasteiger partial charge in [-0.15, -0.1) is 0 Å². The Kier molecular flexibility index (Phi) is 5.98. The van der Waals surface area contributed by atoms with E-state index >= 15 is 0 Å². The molecule has 1 aromatic carbocycles. The average Bonchev–Trinajstić information content (AvgIpc) is 2.56. The van der Waals surface area contributed by atoms with Crippen molar-refractivity contribution in [2.24, 2.45) is 0 Å². The first-order chi connectivity index (χ1) is 11.8. The van der Waals surface area contributed by atoms with Crippen LogP contribution in [0.3, 0.4) is 0 Å². The number of benzene rings is 1. The first-order valence-electron chi connectivity index (χ1n) is 7.43. The number of nitrogens with zero attached hydrogens (tertiary/aromatic N) is 3. The Labute approximate surface area is 155 Å². The van der Waals surface area contributed by atoms with Crippen LogP contribution in [0.1, 0.15) is 28.4 Å². The number of methoxy groups -OCH3 is 1. The minimum Gasteiger partial charge on any atom is -0.467 e. The molecule has 8 heteroatoms. The summed E-state index contributed by atoms with van der Waals surface area (Å²) in [6, 6.07) is 4.71. The van der Waals surface area contributed by atoms with Gasteiger partial charge >= 0.3 is 5.97 Å². The van der Waals surface area contributed by atoms with Crippen LogP contribution in [-0.2, 0) is 9.53 Å². The molecule has 25 heavy (non-hydrogen) atoms. The molecule has 0 N–H and O–H groups in total. The standard InChI is InChI=1S/C17H17Cl2N3O3/c1-9-6-5-7-10(2)13(9)22(11(3)16(24)25-4)15(23)12-8-20-17(19)21-14(12)18/h5-8,11H,1-4H3. The highest BCUT2D eigenvalue weighted by molar-refractivity contribution is 6.34. The van der Waals surface area contributed by atoms with Gasteiger partial charge in [-0.05, 0) is 43.5 Å². The number of amides is 1. The van der Waals surface area contributed by atoms with Gasteiger partial charge in [0.2, 0.25) is 5.28 Å². The lowest BCUT2D eigenvalue weighted by atomic mass is 10.0. The number of esters is 1. The van der Waals surface area contributed by atoms with Crippen molar-refractivity contribution in [2.45, 2.75) is 26.8 Å². The number of para-hydroxylation sites is 1. The highest BCUT2D eigenvalue weighted by Gasteiger charge is 2.32. The number of anilines is 1. The molecule has 0 spiro atoms. The summed E-state index contributed by atoms with van der Waals surface area (Å²) in [4.78, 5) is 34.2. The molecule has 1 aromatic heterocycles. The first kappa shape index (κ1) is 19.1. The number of aromatic nitrogens is 2. The lowest BCUT2D eigenvalue weighted by molar-refractivity contribution is -0.141. The van der Waals surface area contributed by atoms with Gasteiger partial charge in [0.05, 0.1) is 18.4 Å². The molecule has 2 rings (SSSR count). The lowest BCUT2D eigenvalue weighted by Gasteiger charge is -2.30. The van der Waals surface area contributed by atoms with Crippen LogP contribution >= 0.6 is 23.2 Å². The Morgan fingerprint density at radius 3 is 2.32 bits per heavy atom. The van der Waals surface area contributed by atoms with E-state index in [1.54, 1.807) is 6.92 Å². The molecule has 0 radical (unpaired) electrons. The summed E-state index contributed by atoms with van der Waals surface area (Å²) in [5.74, 6) is -1.07. The van der Waals surface area contributed by atoms with Crippen LogP contribution in [0, 0.1) is 13.8 Å². The van der Waals surface area contributed by atoms with Crippen molar-refractivity contribution in [1.29, 1.82) is 0 Å². The fourth-order valence-electron chi connectivity index (χ4n) is 2.55. The van der Waals surface area contributed by atoms with Gasteiger partial charge in [0, 0.05) is 6.20 Å². The Hall–Kier alpha value is -2.18. The predicted octanol–water partition coefficient (Wildman–Crippen LogP) is 3.61. The fourth-order valence-corrected chi connectivity index (χ4v) is 2.93. The number of carbonyl (C=O) groups excluding carboxylic acids is 2. The second-order valence-corrected chi connectivity index (χ2v) is 6.15. The average molecular weight is 382 g/mol. The van der Waals surface area contributed by atoms with Gasteiger partial charge in [0.25, 0.3) is 5.91 Å². The monoisotopic (exact) mass is 381 g/mol. The van der Waals surface area contributed by atoms with Gasteiger partial charge in [0.15, 0.2) is 0 Å². The van der Waals surface area contributed by atoms with E-state index in [0.29, 0.717) is 5.69 Å². The van der Waals surface area contributed by atoms with Crippen molar-refractivity contribution in [3.63, 3.8) is 0 Å². The summed E-state index contributed by atoms with van der Waals surface area (Å²) in [5.41, 5.74) is 2.31. The molecule has 0 fully saturated rings. The van der Waals surface area contributed by atoms with Crippen LogP contribution in [0.15, 0.2) is 24.4 Å². The van der Waals surface area contributed by atoms with E-state index in [1.807, 2.05) is 32.0 Å². The lowest BCUT2D eigenvalue weighted by Crippen LogP contribution is -2.45. The van der Waals surface area contributed by atoms with Crippen molar-refractivity contribution in [3.8, 4) is 0 Å². The summed E-state index contributed by atoms with van der Waals surface area (Å²) >= 11 is 11.8. The number of rotatable bonds is 4. The molecule has 0 saturated carbocycles. The third-order valence-electron chi connectivity index (χ3n) is 3.77. The zero-order chi connectivity index (χ0) is 18.7. The largest absolute Gasteiger partial charge is 0.467 e. The molecule has 2 aromatic rings. The first-order valence-corrected chi connectivity index (χ1v) is 8.19. The molecule has 0 bridgehead atoms. The predicted molar refractivity (Wildman–Crippen MR) is 96.3 cm³/mol. The third kappa shape index (κ3) is 3.91. The second kappa shape index (κ2) is 7.80. The third-order valence-corrected chi connectivity index (χ3v) is 4.24. The molecule has 132 valence electrons. The van der Waals surface area contributed by atoms with E-state index in [0.717, 1.165) is 11.1 Å². The number of carbonyl (C=O) groups is 2. The SMILES string of the molecule is COC(=O)C(C)N(C(=O)c1cnc(Cl)nc1Cl)c1c(C)cccc1C. The highest BCUT2D eigenvalue weighted by Crippen LogP contribution is 2.29. The van der Waals surface area contributed by atoms with Crippen LogP contribution < -0.4 is 4.90 Å². The van der Waals surface area contributed by atoms with Gasteiger partial charge in [-0.3, -0.25) is 9.69 Å². The molecule has 1 amide bonds. The summed E-state index contributed by atoms with van der Waals surface area (Å²) in [7, 11) is 1.27. The van der Waals surface area contributed by atoms with E-state index in [9.17, 15) is 9.59 Å². The second-order valence-electron chi connectivity index (χ2n) is 5.46. The molecule has 1 atom stereocenters. The van der Waals surface area contributed by atoms with Gasteiger partial charge in [-0.1, -0.05) is 29.8 Å². The van der Waals surface area contributed by atoms with Gasteiger partial charge in [0.1, 0.15) is 11.2 Å². The molecule has 0 saturated heterocycles. The fraction of sp³-hybridized carbons (Fsp3) is 0.294. The zero-order valence-electron chi connectivity index (χ0n) is 14.2. The molecule has 0 aliphatic heterocycles. The van der Waals surface area contributed by atoms with E-state index < -0.39 is 17.9 Å². The van der Waals surface area contributed by atoms with Crippen LogP contribution in [0.2, 0.25) is 10.4 Å². The van der Waals surface area contributed by atoms with Crippen LogP contribution in [0.25, 0.3) is 0 Å². The van der Waals surface area contributed by atoms with Crippen molar-refractivity contribution in [2.75, 3.05) is 12.0 Å². The maximum absolute atomic E-state index is 13.2. The number of hydrogen-bond donors (Lipinski definition) is 0. The minimum atomic E-state index is -0.871. The summed E-state index contributed by atoms with van der Waals surface area (Å²) in [6.07, 6.45) is 1.24. The van der Waals surface area contributed by atoms with Crippen molar-refractivity contribution in [3.05, 3.63) is 51.5 Å². The Morgan fingerprint density at radius 2 is 1.80 bits per heavy atom. The number of hydrogen-bond acceptors (Lipinski definition) is 5. The number of halogens is 2. The number of ether oxygens (including phenoxy) is 1. The molecular formula is C17H17Cl2N3O3. The van der Waals surface area contributed by atoms with E-state index in [-0.39, 0.29) is 16.0 Å². The number of aryl methyl sites for hydroxylation is 2. The van der Waals surface area contributed by atoms with E-state index in [2.05, 4.69) is 9.97 Å². The maximum Gasteiger partial charge on any atom is 0.328 e. The van der Waals surface area contributed by atoms with Crippen molar-refractivity contribution in [1.82, 2.24) is 9.97 Å². The molecular weight excluding hydrogens is 365 g/mol. The van der Waals surface area contributed by atoms with E-state index in [1.165, 1.54) is 18.2 Å². The van der Waals surface area contributed by atoms with Gasteiger partial charge in [-0.2, -0.15) is 0 Å². The van der Waals surface area contributed by atoms with Crippen molar-refractivity contribution >= 4 is 40.8 Å². The van der Waals surface area contributed by atoms with Gasteiger partial charge in [-0.25, -0.2) is 14.8 Å². The quantitative estimate of drug-likeness (QED) is 0.459. The topological polar surface area (TPSA) is 72.4 Å². The summed E-state index contributed by atoms with van der Waals surface area (Å²) in [5, 5.41) is -0.153. The van der Waals surface area contributed by atoms with Crippen LogP contribution in [0.5, 0.6) is 0 Å². The van der Waals surface area contributed by atoms with Gasteiger partial charge < -0.3 is 4.74 Å². The normalized spacial score (nSPS) is 11.8.